The van der Waals surface area contributed by atoms with E-state index in [4.69, 9.17) is 0 Å². The van der Waals surface area contributed by atoms with E-state index in [2.05, 4.69) is 15.3 Å². The summed E-state index contributed by atoms with van der Waals surface area (Å²) in [6.45, 7) is 0.456. The molecule has 0 fully saturated rings. The van der Waals surface area contributed by atoms with Gasteiger partial charge in [-0.3, -0.25) is 9.78 Å². The molecule has 0 atom stereocenters. The number of rotatable bonds is 4. The van der Waals surface area contributed by atoms with Gasteiger partial charge in [-0.05, 0) is 23.1 Å². The van der Waals surface area contributed by atoms with Crippen molar-refractivity contribution in [2.75, 3.05) is 0 Å². The number of aromatic nitrogens is 2. The number of carbonyl (C=O) groups is 1. The number of nitrogens with zero attached hydrogens (tertiary/aromatic N) is 2. The van der Waals surface area contributed by atoms with Crippen LogP contribution in [0.5, 0.6) is 0 Å². The van der Waals surface area contributed by atoms with Gasteiger partial charge in [0.15, 0.2) is 0 Å². The van der Waals surface area contributed by atoms with Crippen molar-refractivity contribution in [3.8, 4) is 10.6 Å². The first-order valence-electron chi connectivity index (χ1n) is 5.98. The fourth-order valence-corrected chi connectivity index (χ4v) is 3.18. The van der Waals surface area contributed by atoms with E-state index in [1.165, 1.54) is 11.3 Å². The Labute approximate surface area is 124 Å². The predicted octanol–water partition coefficient (Wildman–Crippen LogP) is 3.20. The van der Waals surface area contributed by atoms with Crippen molar-refractivity contribution < 1.29 is 4.79 Å². The number of nitrogens with one attached hydrogen (secondary N) is 1. The van der Waals surface area contributed by atoms with Crippen LogP contribution in [0.4, 0.5) is 0 Å². The van der Waals surface area contributed by atoms with Crippen LogP contribution in [-0.2, 0) is 6.54 Å². The summed E-state index contributed by atoms with van der Waals surface area (Å²) < 4.78 is 0. The number of thiophene rings is 1. The standard InChI is InChI=1S/C14H11N3OS2/c18-13(16-7-10-2-1-4-15-6-10)12-9-20-14(17-12)11-3-5-19-8-11/h1-6,8-9H,7H2,(H,16,18). The van der Waals surface area contributed by atoms with Crippen molar-refractivity contribution in [3.05, 3.63) is 58.0 Å². The predicted molar refractivity (Wildman–Crippen MR) is 80.8 cm³/mol. The molecular weight excluding hydrogens is 290 g/mol. The van der Waals surface area contributed by atoms with Gasteiger partial charge in [-0.2, -0.15) is 11.3 Å². The van der Waals surface area contributed by atoms with Crippen molar-refractivity contribution in [1.29, 1.82) is 0 Å². The summed E-state index contributed by atoms with van der Waals surface area (Å²) >= 11 is 3.10. The largest absolute Gasteiger partial charge is 0.347 e. The van der Waals surface area contributed by atoms with E-state index in [0.29, 0.717) is 12.2 Å². The minimum absolute atomic E-state index is 0.161. The van der Waals surface area contributed by atoms with Crippen LogP contribution in [0.3, 0.4) is 0 Å². The van der Waals surface area contributed by atoms with Crippen molar-refractivity contribution in [2.45, 2.75) is 6.54 Å². The van der Waals surface area contributed by atoms with Gasteiger partial charge >= 0.3 is 0 Å². The van der Waals surface area contributed by atoms with Gasteiger partial charge in [0.2, 0.25) is 0 Å². The van der Waals surface area contributed by atoms with Gasteiger partial charge in [-0.15, -0.1) is 11.3 Å². The molecule has 0 saturated heterocycles. The van der Waals surface area contributed by atoms with Crippen LogP contribution in [0.25, 0.3) is 10.6 Å². The Morgan fingerprint density at radius 3 is 3.00 bits per heavy atom. The molecule has 0 aliphatic carbocycles. The van der Waals surface area contributed by atoms with Crippen LogP contribution in [-0.4, -0.2) is 15.9 Å². The lowest BCUT2D eigenvalue weighted by molar-refractivity contribution is 0.0946. The molecule has 4 nitrogen and oxygen atoms in total. The fraction of sp³-hybridized carbons (Fsp3) is 0.0714. The van der Waals surface area contributed by atoms with E-state index in [1.807, 2.05) is 29.0 Å². The molecule has 3 aromatic heterocycles. The van der Waals surface area contributed by atoms with Crippen LogP contribution in [0.2, 0.25) is 0 Å². The highest BCUT2D eigenvalue weighted by atomic mass is 32.1. The van der Waals surface area contributed by atoms with Gasteiger partial charge < -0.3 is 5.32 Å². The second-order valence-electron chi connectivity index (χ2n) is 4.09. The average Bonchev–Trinajstić information content (AvgIpc) is 3.16. The molecule has 0 aliphatic heterocycles. The summed E-state index contributed by atoms with van der Waals surface area (Å²) in [5, 5.41) is 9.52. The van der Waals surface area contributed by atoms with Crippen molar-refractivity contribution >= 4 is 28.6 Å². The van der Waals surface area contributed by atoms with Gasteiger partial charge in [-0.1, -0.05) is 6.07 Å². The van der Waals surface area contributed by atoms with Crippen LogP contribution >= 0.6 is 22.7 Å². The third-order valence-electron chi connectivity index (χ3n) is 2.68. The molecular formula is C14H11N3OS2. The first-order chi connectivity index (χ1) is 9.83. The number of carbonyl (C=O) groups excluding carboxylic acids is 1. The second-order valence-corrected chi connectivity index (χ2v) is 5.73. The molecule has 3 rings (SSSR count). The van der Waals surface area contributed by atoms with E-state index in [-0.39, 0.29) is 5.91 Å². The summed E-state index contributed by atoms with van der Waals surface area (Å²) in [7, 11) is 0. The number of pyridine rings is 1. The summed E-state index contributed by atoms with van der Waals surface area (Å²) in [5.41, 5.74) is 2.49. The zero-order valence-electron chi connectivity index (χ0n) is 10.4. The molecule has 0 bridgehead atoms. The first kappa shape index (κ1) is 13.0. The maximum atomic E-state index is 12.0. The smallest absolute Gasteiger partial charge is 0.271 e. The van der Waals surface area contributed by atoms with Crippen LogP contribution < -0.4 is 5.32 Å². The normalized spacial score (nSPS) is 10.4. The fourth-order valence-electron chi connectivity index (χ4n) is 1.67. The molecule has 0 saturated carbocycles. The Hall–Kier alpha value is -2.05. The molecule has 0 aromatic carbocycles. The van der Waals surface area contributed by atoms with Crippen molar-refractivity contribution in [1.82, 2.24) is 15.3 Å². The Morgan fingerprint density at radius 1 is 1.30 bits per heavy atom. The molecule has 1 N–H and O–H groups in total. The minimum atomic E-state index is -0.161. The highest BCUT2D eigenvalue weighted by Crippen LogP contribution is 2.25. The summed E-state index contributed by atoms with van der Waals surface area (Å²) in [6, 6.07) is 5.77. The molecule has 6 heteroatoms. The number of hydrogen-bond donors (Lipinski definition) is 1. The molecule has 0 aliphatic rings. The van der Waals surface area contributed by atoms with Gasteiger partial charge in [-0.25, -0.2) is 4.98 Å². The third kappa shape index (κ3) is 2.92. The number of amides is 1. The lowest BCUT2D eigenvalue weighted by Gasteiger charge is -2.02. The lowest BCUT2D eigenvalue weighted by atomic mass is 10.3. The third-order valence-corrected chi connectivity index (χ3v) is 4.26. The summed E-state index contributed by atoms with van der Waals surface area (Å²) in [4.78, 5) is 20.4. The van der Waals surface area contributed by atoms with E-state index in [9.17, 15) is 4.79 Å². The maximum absolute atomic E-state index is 12.0. The SMILES string of the molecule is O=C(NCc1cccnc1)c1csc(-c2ccsc2)n1. The number of thiazole rings is 1. The number of hydrogen-bond acceptors (Lipinski definition) is 5. The van der Waals surface area contributed by atoms with E-state index >= 15 is 0 Å². The van der Waals surface area contributed by atoms with E-state index in [1.54, 1.807) is 29.1 Å². The van der Waals surface area contributed by atoms with Crippen molar-refractivity contribution in [2.24, 2.45) is 0 Å². The monoisotopic (exact) mass is 301 g/mol. The maximum Gasteiger partial charge on any atom is 0.271 e. The first-order valence-corrected chi connectivity index (χ1v) is 7.80. The Morgan fingerprint density at radius 2 is 2.25 bits per heavy atom. The molecule has 0 radical (unpaired) electrons. The summed E-state index contributed by atoms with van der Waals surface area (Å²) in [6.07, 6.45) is 3.44. The Bertz CT molecular complexity index is 692. The van der Waals surface area contributed by atoms with Crippen LogP contribution in [0.1, 0.15) is 16.1 Å². The molecule has 0 spiro atoms. The highest BCUT2D eigenvalue weighted by Gasteiger charge is 2.11. The zero-order valence-corrected chi connectivity index (χ0v) is 12.1. The van der Waals surface area contributed by atoms with Crippen LogP contribution in [0.15, 0.2) is 46.7 Å². The quantitative estimate of drug-likeness (QED) is 0.805. The van der Waals surface area contributed by atoms with Crippen molar-refractivity contribution in [3.63, 3.8) is 0 Å². The topological polar surface area (TPSA) is 54.9 Å². The molecule has 20 heavy (non-hydrogen) atoms. The minimum Gasteiger partial charge on any atom is -0.347 e. The van der Waals surface area contributed by atoms with E-state index in [0.717, 1.165) is 16.1 Å². The van der Waals surface area contributed by atoms with E-state index < -0.39 is 0 Å². The molecule has 0 unspecified atom stereocenters. The van der Waals surface area contributed by atoms with Gasteiger partial charge in [0, 0.05) is 35.3 Å². The molecule has 3 aromatic rings. The second kappa shape index (κ2) is 5.94. The molecule has 100 valence electrons. The van der Waals surface area contributed by atoms with Gasteiger partial charge in [0.25, 0.3) is 5.91 Å². The van der Waals surface area contributed by atoms with Crippen LogP contribution in [0, 0.1) is 0 Å². The lowest BCUT2D eigenvalue weighted by Crippen LogP contribution is -2.23. The highest BCUT2D eigenvalue weighted by molar-refractivity contribution is 7.14. The zero-order chi connectivity index (χ0) is 13.8. The average molecular weight is 301 g/mol. The molecule has 1 amide bonds. The molecule has 3 heterocycles. The Balaban J connectivity index is 1.66. The van der Waals surface area contributed by atoms with Gasteiger partial charge in [0.1, 0.15) is 10.7 Å². The van der Waals surface area contributed by atoms with Gasteiger partial charge in [0.05, 0.1) is 0 Å². The summed E-state index contributed by atoms with van der Waals surface area (Å²) in [5.74, 6) is -0.161. The Kier molecular flexibility index (Phi) is 3.85.